The summed E-state index contributed by atoms with van der Waals surface area (Å²) < 4.78 is 6.35. The molecule has 0 bridgehead atoms. The van der Waals surface area contributed by atoms with Gasteiger partial charge in [0.1, 0.15) is 11.2 Å². The van der Waals surface area contributed by atoms with Crippen molar-refractivity contribution in [3.8, 4) is 66.9 Å². The van der Waals surface area contributed by atoms with Gasteiger partial charge in [-0.15, -0.1) is 0 Å². The van der Waals surface area contributed by atoms with Gasteiger partial charge in [-0.1, -0.05) is 212 Å². The molecule has 14 rings (SSSR count). The third-order valence-electron chi connectivity index (χ3n) is 14.1. The highest BCUT2D eigenvalue weighted by molar-refractivity contribution is 6.25. The van der Waals surface area contributed by atoms with Crippen LogP contribution in [-0.4, -0.2) is 9.97 Å². The highest BCUT2D eigenvalue weighted by Crippen LogP contribution is 2.41. The normalized spacial score (nSPS) is 11.8. The van der Waals surface area contributed by atoms with E-state index in [1.165, 1.54) is 32.7 Å². The average Bonchev–Trinajstić information content (AvgIpc) is 3.82. The molecule has 0 N–H and O–H groups in total. The van der Waals surface area contributed by atoms with E-state index in [0.29, 0.717) is 0 Å². The van der Waals surface area contributed by atoms with E-state index in [1.54, 1.807) is 0 Å². The van der Waals surface area contributed by atoms with Crippen molar-refractivity contribution in [3.05, 3.63) is 243 Å². The molecule has 0 aliphatic rings. The molecule has 0 radical (unpaired) electrons. The number of benzene rings is 12. The van der Waals surface area contributed by atoms with E-state index in [9.17, 15) is 0 Å². The lowest BCUT2D eigenvalue weighted by molar-refractivity contribution is 0.670. The molecule has 0 unspecified atom stereocenters. The van der Waals surface area contributed by atoms with Gasteiger partial charge in [-0.25, -0.2) is 4.98 Å². The number of hydrogen-bond donors (Lipinski definition) is 0. The van der Waals surface area contributed by atoms with Crippen molar-refractivity contribution in [2.24, 2.45) is 0 Å². The van der Waals surface area contributed by atoms with Crippen LogP contribution in [0.15, 0.2) is 247 Å². The highest BCUT2D eigenvalue weighted by atomic mass is 16.3. The second kappa shape index (κ2) is 15.7. The molecule has 2 heterocycles. The maximum absolute atomic E-state index is 6.35. The van der Waals surface area contributed by atoms with Crippen LogP contribution in [0.2, 0.25) is 0 Å². The minimum atomic E-state index is 0.834. The van der Waals surface area contributed by atoms with Crippen molar-refractivity contribution >= 4 is 76.1 Å². The molecule has 0 spiro atoms. The summed E-state index contributed by atoms with van der Waals surface area (Å²) in [5.74, 6) is 0. The van der Waals surface area contributed by atoms with Crippen LogP contribution in [0.4, 0.5) is 0 Å². The van der Waals surface area contributed by atoms with Gasteiger partial charge in [-0.3, -0.25) is 4.98 Å². The van der Waals surface area contributed by atoms with E-state index >= 15 is 0 Å². The minimum absolute atomic E-state index is 0.834. The summed E-state index contributed by atoms with van der Waals surface area (Å²) >= 11 is 0. The fourth-order valence-corrected chi connectivity index (χ4v) is 10.7. The molecule has 14 aromatic rings. The zero-order valence-electron chi connectivity index (χ0n) is 37.4. The van der Waals surface area contributed by atoms with Crippen molar-refractivity contribution in [1.29, 1.82) is 0 Å². The van der Waals surface area contributed by atoms with E-state index in [0.717, 1.165) is 110 Å². The molecule has 2 aromatic heterocycles. The third-order valence-corrected chi connectivity index (χ3v) is 14.1. The topological polar surface area (TPSA) is 38.9 Å². The first kappa shape index (κ1) is 39.0. The molecule has 0 fully saturated rings. The monoisotopic (exact) mass is 876 g/mol. The fraction of sp³-hybridized carbons (Fsp3) is 0. The lowest BCUT2D eigenvalue weighted by Crippen LogP contribution is -1.94. The number of fused-ring (bicyclic) bond motifs is 11. The number of hydrogen-bond acceptors (Lipinski definition) is 3. The van der Waals surface area contributed by atoms with Crippen LogP contribution >= 0.6 is 0 Å². The molecule has 0 saturated heterocycles. The van der Waals surface area contributed by atoms with E-state index in [-0.39, 0.29) is 0 Å². The quantitative estimate of drug-likeness (QED) is 0.156. The van der Waals surface area contributed by atoms with Crippen molar-refractivity contribution in [2.75, 3.05) is 0 Å². The molecule has 3 heteroatoms. The summed E-state index contributed by atoms with van der Waals surface area (Å²) in [7, 11) is 0. The van der Waals surface area contributed by atoms with Crippen LogP contribution in [0, 0.1) is 0 Å². The standard InChI is InChI=1S/C66H40N2O/c1-3-17-51-44(11-1)13-8-20-53(51)48-33-35-56-57-36-34-49(54-21-9-14-45-12-2-4-18-52(45)54)39-61(57)65-64(60(56)38-48)67-40-62(68-65)50-16-7-15-47(37-50)43-27-25-41(26-28-43)42-29-31-46(32-30-42)55-22-10-23-59-58-19-5-6-24-63(58)69-66(55)59/h1-40H. The van der Waals surface area contributed by atoms with Gasteiger partial charge in [0.2, 0.25) is 0 Å². The maximum atomic E-state index is 6.35. The predicted octanol–water partition coefficient (Wildman–Crippen LogP) is 18.1. The van der Waals surface area contributed by atoms with Crippen LogP contribution < -0.4 is 0 Å². The van der Waals surface area contributed by atoms with Crippen molar-refractivity contribution < 1.29 is 4.42 Å². The van der Waals surface area contributed by atoms with Crippen LogP contribution in [-0.2, 0) is 0 Å². The van der Waals surface area contributed by atoms with Gasteiger partial charge < -0.3 is 4.42 Å². The van der Waals surface area contributed by atoms with Crippen molar-refractivity contribution in [3.63, 3.8) is 0 Å². The van der Waals surface area contributed by atoms with Crippen LogP contribution in [0.3, 0.4) is 0 Å². The van der Waals surface area contributed by atoms with E-state index in [2.05, 4.69) is 224 Å². The zero-order chi connectivity index (χ0) is 45.4. The van der Waals surface area contributed by atoms with Gasteiger partial charge >= 0.3 is 0 Å². The van der Waals surface area contributed by atoms with E-state index in [4.69, 9.17) is 14.4 Å². The highest BCUT2D eigenvalue weighted by Gasteiger charge is 2.17. The van der Waals surface area contributed by atoms with Gasteiger partial charge in [0.15, 0.2) is 0 Å². The summed E-state index contributed by atoms with van der Waals surface area (Å²) in [5, 5.41) is 11.7. The first-order chi connectivity index (χ1) is 34.2. The molecule has 3 nitrogen and oxygen atoms in total. The summed E-state index contributed by atoms with van der Waals surface area (Å²) in [6.07, 6.45) is 1.95. The Bertz CT molecular complexity index is 4340. The Balaban J connectivity index is 0.847. The number of furan rings is 1. The Labute approximate surface area is 398 Å². The molecular weight excluding hydrogens is 837 g/mol. The summed E-state index contributed by atoms with van der Waals surface area (Å²) in [6.45, 7) is 0. The third kappa shape index (κ3) is 6.51. The Morgan fingerprint density at radius 2 is 0.754 bits per heavy atom. The van der Waals surface area contributed by atoms with Gasteiger partial charge in [0.05, 0.1) is 22.9 Å². The first-order valence-corrected chi connectivity index (χ1v) is 23.5. The van der Waals surface area contributed by atoms with Crippen LogP contribution in [0.1, 0.15) is 0 Å². The van der Waals surface area contributed by atoms with Gasteiger partial charge in [-0.05, 0) is 107 Å². The molecule has 0 atom stereocenters. The summed E-state index contributed by atoms with van der Waals surface area (Å²) in [5.41, 5.74) is 17.0. The Morgan fingerprint density at radius 1 is 0.275 bits per heavy atom. The number of rotatable bonds is 6. The molecule has 0 aliphatic carbocycles. The second-order valence-electron chi connectivity index (χ2n) is 18.0. The Kier molecular flexibility index (Phi) is 8.90. The molecule has 0 saturated carbocycles. The second-order valence-corrected chi connectivity index (χ2v) is 18.0. The molecule has 0 amide bonds. The fourth-order valence-electron chi connectivity index (χ4n) is 10.7. The van der Waals surface area contributed by atoms with E-state index in [1.807, 2.05) is 18.3 Å². The maximum Gasteiger partial charge on any atom is 0.143 e. The molecular formula is C66H40N2O. The lowest BCUT2D eigenvalue weighted by atomic mass is 9.91. The number of para-hydroxylation sites is 2. The average molecular weight is 877 g/mol. The van der Waals surface area contributed by atoms with Crippen LogP contribution in [0.5, 0.6) is 0 Å². The molecule has 12 aromatic carbocycles. The first-order valence-electron chi connectivity index (χ1n) is 23.5. The predicted molar refractivity (Wildman–Crippen MR) is 289 cm³/mol. The van der Waals surface area contributed by atoms with Gasteiger partial charge in [-0.2, -0.15) is 0 Å². The molecule has 0 aliphatic heterocycles. The smallest absolute Gasteiger partial charge is 0.143 e. The molecule has 320 valence electrons. The lowest BCUT2D eigenvalue weighted by Gasteiger charge is -2.15. The Hall–Kier alpha value is -9.18. The summed E-state index contributed by atoms with van der Waals surface area (Å²) in [6, 6.07) is 85.0. The molecule has 69 heavy (non-hydrogen) atoms. The zero-order valence-corrected chi connectivity index (χ0v) is 37.4. The number of aromatic nitrogens is 2. The van der Waals surface area contributed by atoms with Gasteiger partial charge in [0.25, 0.3) is 0 Å². The summed E-state index contributed by atoms with van der Waals surface area (Å²) in [4.78, 5) is 10.9. The van der Waals surface area contributed by atoms with Gasteiger partial charge in [0, 0.05) is 32.7 Å². The van der Waals surface area contributed by atoms with E-state index < -0.39 is 0 Å². The van der Waals surface area contributed by atoms with Crippen LogP contribution in [0.25, 0.3) is 143 Å². The number of nitrogens with zero attached hydrogens (tertiary/aromatic N) is 2. The Morgan fingerprint density at radius 3 is 1.42 bits per heavy atom. The van der Waals surface area contributed by atoms with Crippen molar-refractivity contribution in [2.45, 2.75) is 0 Å². The minimum Gasteiger partial charge on any atom is -0.455 e. The SMILES string of the molecule is c1cc(-c2ccc(-c3ccc(-c4cccc5c4oc4ccccc45)cc3)cc2)cc(-c2cnc3c4cc(-c5cccc6ccccc56)ccc4c4ccc(-c5cccc6ccccc56)cc4c3n2)c1. The van der Waals surface area contributed by atoms with Crippen molar-refractivity contribution in [1.82, 2.24) is 9.97 Å². The largest absolute Gasteiger partial charge is 0.455 e.